The van der Waals surface area contributed by atoms with Crippen molar-refractivity contribution in [1.29, 1.82) is 5.26 Å². The summed E-state index contributed by atoms with van der Waals surface area (Å²) in [5.74, 6) is 0. The van der Waals surface area contributed by atoms with E-state index in [1.807, 2.05) is 30.3 Å². The van der Waals surface area contributed by atoms with E-state index in [9.17, 15) is 0 Å². The minimum Gasteiger partial charge on any atom is -0.389 e. The molecule has 0 saturated heterocycles. The van der Waals surface area contributed by atoms with Gasteiger partial charge in [-0.15, -0.1) is 0 Å². The molecule has 0 radical (unpaired) electrons. The van der Waals surface area contributed by atoms with Crippen LogP contribution in [0.4, 0.5) is 5.69 Å². The van der Waals surface area contributed by atoms with Gasteiger partial charge in [0.15, 0.2) is 0 Å². The minimum absolute atomic E-state index is 0.117. The van der Waals surface area contributed by atoms with Crippen LogP contribution in [0.15, 0.2) is 35.5 Å². The molecule has 3 nitrogen and oxygen atoms in total. The first kappa shape index (κ1) is 13.2. The van der Waals surface area contributed by atoms with Gasteiger partial charge in [-0.05, 0) is 25.0 Å². The van der Waals surface area contributed by atoms with Crippen molar-refractivity contribution < 1.29 is 0 Å². The number of hydrogen-bond acceptors (Lipinski definition) is 3. The zero-order valence-electron chi connectivity index (χ0n) is 9.95. The molecular formula is C13H15N3S. The van der Waals surface area contributed by atoms with E-state index >= 15 is 0 Å². The van der Waals surface area contributed by atoms with Gasteiger partial charge in [0.1, 0.15) is 16.6 Å². The average molecular weight is 245 g/mol. The number of nitriles is 1. The van der Waals surface area contributed by atoms with E-state index in [1.54, 1.807) is 6.92 Å². The molecule has 0 aliphatic heterocycles. The molecule has 1 aromatic carbocycles. The number of para-hydroxylation sites is 1. The number of anilines is 1. The van der Waals surface area contributed by atoms with Crippen LogP contribution in [0.1, 0.15) is 19.4 Å². The van der Waals surface area contributed by atoms with E-state index in [2.05, 4.69) is 12.2 Å². The summed E-state index contributed by atoms with van der Waals surface area (Å²) < 4.78 is 0. The number of rotatable bonds is 4. The van der Waals surface area contributed by atoms with E-state index < -0.39 is 0 Å². The summed E-state index contributed by atoms with van der Waals surface area (Å²) in [5, 5.41) is 12.1. The molecule has 0 amide bonds. The molecule has 0 heterocycles. The topological polar surface area (TPSA) is 61.8 Å². The van der Waals surface area contributed by atoms with Crippen LogP contribution in [0.3, 0.4) is 0 Å². The lowest BCUT2D eigenvalue weighted by Crippen LogP contribution is -2.14. The van der Waals surface area contributed by atoms with Gasteiger partial charge in [0.2, 0.25) is 0 Å². The van der Waals surface area contributed by atoms with Gasteiger partial charge >= 0.3 is 0 Å². The van der Waals surface area contributed by atoms with Gasteiger partial charge in [0.25, 0.3) is 0 Å². The molecule has 0 bridgehead atoms. The third-order valence-electron chi connectivity index (χ3n) is 2.45. The maximum atomic E-state index is 8.96. The molecule has 0 fully saturated rings. The Morgan fingerprint density at radius 3 is 2.65 bits per heavy atom. The van der Waals surface area contributed by atoms with Crippen LogP contribution >= 0.6 is 12.2 Å². The Balaban J connectivity index is 3.07. The van der Waals surface area contributed by atoms with Gasteiger partial charge in [-0.25, -0.2) is 0 Å². The summed E-state index contributed by atoms with van der Waals surface area (Å²) in [5.41, 5.74) is 8.66. The van der Waals surface area contributed by atoms with Crippen molar-refractivity contribution in [3.63, 3.8) is 0 Å². The van der Waals surface area contributed by atoms with Crippen molar-refractivity contribution in [2.75, 3.05) is 5.32 Å². The van der Waals surface area contributed by atoms with Crippen LogP contribution in [0, 0.1) is 11.3 Å². The van der Waals surface area contributed by atoms with Gasteiger partial charge < -0.3 is 11.1 Å². The predicted molar refractivity (Wildman–Crippen MR) is 74.5 cm³/mol. The number of thiocarbonyl (C=S) groups is 1. The number of nitrogens with zero attached hydrogens (tertiary/aromatic N) is 1. The number of benzene rings is 1. The molecule has 0 aliphatic carbocycles. The summed E-state index contributed by atoms with van der Waals surface area (Å²) >= 11 is 4.83. The van der Waals surface area contributed by atoms with E-state index in [1.165, 1.54) is 5.56 Å². The molecule has 1 rings (SSSR count). The van der Waals surface area contributed by atoms with Gasteiger partial charge in [-0.2, -0.15) is 5.26 Å². The average Bonchev–Trinajstić information content (AvgIpc) is 2.30. The highest BCUT2D eigenvalue weighted by Crippen LogP contribution is 2.18. The molecule has 0 atom stereocenters. The first-order valence-corrected chi connectivity index (χ1v) is 5.76. The van der Waals surface area contributed by atoms with Crippen LogP contribution in [0.2, 0.25) is 0 Å². The fraction of sp³-hybridized carbons (Fsp3) is 0.231. The second kappa shape index (κ2) is 6.02. The molecular weight excluding hydrogens is 230 g/mol. The van der Waals surface area contributed by atoms with Gasteiger partial charge in [0.05, 0.1) is 0 Å². The van der Waals surface area contributed by atoms with Crippen molar-refractivity contribution in [1.82, 2.24) is 0 Å². The van der Waals surface area contributed by atoms with E-state index in [4.69, 9.17) is 23.2 Å². The molecule has 0 unspecified atom stereocenters. The molecule has 0 spiro atoms. The largest absolute Gasteiger partial charge is 0.389 e. The monoisotopic (exact) mass is 245 g/mol. The summed E-state index contributed by atoms with van der Waals surface area (Å²) in [6.45, 7) is 3.88. The lowest BCUT2D eigenvalue weighted by Gasteiger charge is -2.12. The second-order valence-electron chi connectivity index (χ2n) is 3.61. The molecule has 0 aromatic heterocycles. The van der Waals surface area contributed by atoms with Crippen LogP contribution in [-0.4, -0.2) is 4.99 Å². The highest BCUT2D eigenvalue weighted by molar-refractivity contribution is 7.80. The number of nitrogens with two attached hydrogens (primary N) is 1. The summed E-state index contributed by atoms with van der Waals surface area (Å²) in [6.07, 6.45) is 0.922. The van der Waals surface area contributed by atoms with E-state index in [-0.39, 0.29) is 4.99 Å². The summed E-state index contributed by atoms with van der Waals surface area (Å²) in [4.78, 5) is 0.117. The predicted octanol–water partition coefficient (Wildman–Crippen LogP) is 2.74. The van der Waals surface area contributed by atoms with Crippen molar-refractivity contribution in [3.05, 3.63) is 41.1 Å². The first-order chi connectivity index (χ1) is 8.10. The van der Waals surface area contributed by atoms with Crippen molar-refractivity contribution in [2.45, 2.75) is 20.3 Å². The SMILES string of the molecule is CCc1ccccc1NC(C)=C(C#N)C(N)=S. The number of nitrogens with one attached hydrogen (secondary N) is 1. The minimum atomic E-state index is 0.117. The van der Waals surface area contributed by atoms with Gasteiger partial charge in [-0.3, -0.25) is 0 Å². The third-order valence-corrected chi connectivity index (χ3v) is 2.66. The quantitative estimate of drug-likeness (QED) is 0.486. The lowest BCUT2D eigenvalue weighted by molar-refractivity contribution is 1.13. The zero-order valence-corrected chi connectivity index (χ0v) is 10.8. The Labute approximate surface area is 107 Å². The lowest BCUT2D eigenvalue weighted by atomic mass is 10.1. The Kier molecular flexibility index (Phi) is 4.68. The van der Waals surface area contributed by atoms with Crippen molar-refractivity contribution >= 4 is 22.9 Å². The number of aryl methyl sites for hydroxylation is 1. The molecule has 0 saturated carbocycles. The highest BCUT2D eigenvalue weighted by Gasteiger charge is 2.06. The standard InChI is InChI=1S/C13H15N3S/c1-3-10-6-4-5-7-12(10)16-9(2)11(8-14)13(15)17/h4-7,16H,3H2,1-2H3,(H2,15,17). The summed E-state index contributed by atoms with van der Waals surface area (Å²) in [7, 11) is 0. The Morgan fingerprint density at radius 2 is 2.12 bits per heavy atom. The fourth-order valence-corrected chi connectivity index (χ4v) is 1.74. The molecule has 3 N–H and O–H groups in total. The Bertz CT molecular complexity index is 498. The van der Waals surface area contributed by atoms with Crippen LogP contribution in [-0.2, 0) is 6.42 Å². The number of hydrogen-bond donors (Lipinski definition) is 2. The van der Waals surface area contributed by atoms with Crippen molar-refractivity contribution in [2.24, 2.45) is 5.73 Å². The smallest absolute Gasteiger partial charge is 0.116 e. The zero-order chi connectivity index (χ0) is 12.8. The maximum absolute atomic E-state index is 8.96. The molecule has 17 heavy (non-hydrogen) atoms. The van der Waals surface area contributed by atoms with Crippen LogP contribution < -0.4 is 11.1 Å². The molecule has 88 valence electrons. The first-order valence-electron chi connectivity index (χ1n) is 5.35. The van der Waals surface area contributed by atoms with Crippen molar-refractivity contribution in [3.8, 4) is 6.07 Å². The normalized spacial score (nSPS) is 11.4. The van der Waals surface area contributed by atoms with Crippen LogP contribution in [0.25, 0.3) is 0 Å². The van der Waals surface area contributed by atoms with E-state index in [0.29, 0.717) is 11.3 Å². The van der Waals surface area contributed by atoms with E-state index in [0.717, 1.165) is 12.1 Å². The molecule has 4 heteroatoms. The van der Waals surface area contributed by atoms with Gasteiger partial charge in [0, 0.05) is 11.4 Å². The van der Waals surface area contributed by atoms with Crippen LogP contribution in [0.5, 0.6) is 0 Å². The highest BCUT2D eigenvalue weighted by atomic mass is 32.1. The fourth-order valence-electron chi connectivity index (χ4n) is 1.54. The Morgan fingerprint density at radius 1 is 1.47 bits per heavy atom. The molecule has 0 aliphatic rings. The summed E-state index contributed by atoms with van der Waals surface area (Å²) in [6, 6.07) is 9.96. The Hall–Kier alpha value is -1.86. The molecule has 1 aromatic rings. The second-order valence-corrected chi connectivity index (χ2v) is 4.05. The maximum Gasteiger partial charge on any atom is 0.116 e. The van der Waals surface area contributed by atoms with Gasteiger partial charge in [-0.1, -0.05) is 37.3 Å². The number of allylic oxidation sites excluding steroid dienone is 1. The third kappa shape index (κ3) is 3.30.